The van der Waals surface area contributed by atoms with Crippen molar-refractivity contribution in [1.29, 1.82) is 0 Å². The first-order valence-corrected chi connectivity index (χ1v) is 3.50. The lowest BCUT2D eigenvalue weighted by Crippen LogP contribution is -2.41. The average Bonchev–Trinajstić information content (AvgIpc) is 2.50. The summed E-state index contributed by atoms with van der Waals surface area (Å²) in [6.45, 7) is 0.373. The summed E-state index contributed by atoms with van der Waals surface area (Å²) in [5, 5.41) is 29.2. The van der Waals surface area contributed by atoms with E-state index in [1.807, 2.05) is 0 Å². The molecule has 1 fully saturated rings. The van der Waals surface area contributed by atoms with Crippen molar-refractivity contribution in [3.8, 4) is 0 Å². The normalized spacial score (nSPS) is 24.5. The van der Waals surface area contributed by atoms with Crippen LogP contribution in [0.4, 0.5) is 0 Å². The van der Waals surface area contributed by atoms with Crippen LogP contribution >= 0.6 is 0 Å². The molecule has 0 spiro atoms. The predicted octanol–water partition coefficient (Wildman–Crippen LogP) is -0.306. The number of nitrogens with zero attached hydrogens (tertiary/aromatic N) is 3. The molecule has 0 aromatic rings. The molecule has 0 aromatic carbocycles. The van der Waals surface area contributed by atoms with E-state index in [-0.39, 0.29) is 4.97 Å². The first-order chi connectivity index (χ1) is 5.66. The number of hydrogen-bond donors (Lipinski definition) is 3. The van der Waals surface area contributed by atoms with Gasteiger partial charge in [-0.05, 0) is 12.8 Å². The molecule has 0 aromatic heterocycles. The molecule has 1 atom stereocenters. The largest absolute Gasteiger partial charge is 0.480 e. The van der Waals surface area contributed by atoms with Crippen molar-refractivity contribution in [3.05, 3.63) is 0 Å². The zero-order valence-electron chi connectivity index (χ0n) is 6.29. The number of aliphatic carboxylic acids is 1. The van der Waals surface area contributed by atoms with Crippen LogP contribution in [-0.2, 0) is 4.79 Å². The Kier molecular flexibility index (Phi) is 2.32. The summed E-state index contributed by atoms with van der Waals surface area (Å²) in [6, 6.07) is -0.800. The quantitative estimate of drug-likeness (QED) is 0.305. The van der Waals surface area contributed by atoms with E-state index in [2.05, 4.69) is 5.28 Å². The second kappa shape index (κ2) is 3.24. The van der Waals surface area contributed by atoms with E-state index in [9.17, 15) is 4.79 Å². The molecule has 1 aliphatic rings. The van der Waals surface area contributed by atoms with Gasteiger partial charge < -0.3 is 10.3 Å². The van der Waals surface area contributed by atoms with Crippen LogP contribution in [0.15, 0.2) is 5.28 Å². The van der Waals surface area contributed by atoms with E-state index in [0.717, 1.165) is 5.01 Å². The van der Waals surface area contributed by atoms with Crippen molar-refractivity contribution in [2.75, 3.05) is 6.54 Å². The smallest absolute Gasteiger partial charge is 0.332 e. The number of carboxylic acids is 1. The van der Waals surface area contributed by atoms with E-state index in [1.54, 1.807) is 0 Å². The first-order valence-electron chi connectivity index (χ1n) is 3.50. The molecule has 1 aliphatic heterocycles. The number of carboxylic acid groups (broad SMARTS) is 1. The molecule has 0 unspecified atom stereocenters. The highest BCUT2D eigenvalue weighted by Gasteiger charge is 2.39. The van der Waals surface area contributed by atoms with Crippen LogP contribution in [0.2, 0.25) is 0 Å². The Hall–Kier alpha value is -1.53. The van der Waals surface area contributed by atoms with Crippen LogP contribution < -0.4 is 0 Å². The maximum atomic E-state index is 10.5. The molecule has 0 saturated carbocycles. The minimum atomic E-state index is -1.03. The van der Waals surface area contributed by atoms with Crippen LogP contribution in [0.5, 0.6) is 0 Å². The van der Waals surface area contributed by atoms with Gasteiger partial charge in [0.2, 0.25) is 0 Å². The molecule has 7 nitrogen and oxygen atoms in total. The Bertz CT molecular complexity index is 217. The molecule has 0 aliphatic carbocycles. The highest BCUT2D eigenvalue weighted by molar-refractivity contribution is 5.73. The van der Waals surface area contributed by atoms with Gasteiger partial charge >= 0.3 is 5.97 Å². The first kappa shape index (κ1) is 8.57. The Morgan fingerprint density at radius 3 is 2.83 bits per heavy atom. The Balaban J connectivity index is 2.70. The van der Waals surface area contributed by atoms with Gasteiger partial charge in [0.15, 0.2) is 6.04 Å². The molecule has 12 heavy (non-hydrogen) atoms. The topological polar surface area (TPSA) is 96.4 Å². The summed E-state index contributed by atoms with van der Waals surface area (Å²) >= 11 is 0. The molecule has 0 bridgehead atoms. The second-order valence-corrected chi connectivity index (χ2v) is 2.52. The standard InChI is InChI=1S/C5H9N3O4/c9-5(10)4-2-1-3-7(4)8(12)6-11/h4,12H,1-3H2,(H,9,10)/p+1/t4-/m0/s1. The SMILES string of the molecule is O=C(O)[C@@H]1CCCN1[N+](O)=NO. The van der Waals surface area contributed by atoms with E-state index < -0.39 is 12.0 Å². The summed E-state index contributed by atoms with van der Waals surface area (Å²) in [5.74, 6) is -1.03. The van der Waals surface area contributed by atoms with Crippen molar-refractivity contribution in [2.24, 2.45) is 5.28 Å². The number of hydrogen-bond acceptors (Lipinski definition) is 2. The lowest BCUT2D eigenvalue weighted by Gasteiger charge is -2.09. The van der Waals surface area contributed by atoms with E-state index in [4.69, 9.17) is 15.5 Å². The van der Waals surface area contributed by atoms with Crippen molar-refractivity contribution < 1.29 is 25.3 Å². The van der Waals surface area contributed by atoms with Crippen molar-refractivity contribution in [2.45, 2.75) is 18.9 Å². The minimum Gasteiger partial charge on any atom is -0.480 e. The van der Waals surface area contributed by atoms with Crippen LogP contribution in [0.3, 0.4) is 0 Å². The number of hydrazine groups is 1. The summed E-state index contributed by atoms with van der Waals surface area (Å²) in [4.78, 5) is 10.7. The average molecular weight is 176 g/mol. The van der Waals surface area contributed by atoms with Gasteiger partial charge in [-0.2, -0.15) is 0 Å². The fourth-order valence-electron chi connectivity index (χ4n) is 1.27. The van der Waals surface area contributed by atoms with E-state index in [1.165, 1.54) is 0 Å². The number of carbonyl (C=O) groups is 1. The molecule has 1 rings (SSSR count). The summed E-state index contributed by atoms with van der Waals surface area (Å²) in [6.07, 6.45) is 1.10. The molecule has 1 heterocycles. The van der Waals surface area contributed by atoms with Gasteiger partial charge in [-0.25, -0.2) is 10.0 Å². The van der Waals surface area contributed by atoms with Crippen LogP contribution in [0.25, 0.3) is 0 Å². The summed E-state index contributed by atoms with van der Waals surface area (Å²) in [5.41, 5.74) is 0. The highest BCUT2D eigenvalue weighted by atomic mass is 16.6. The predicted molar refractivity (Wildman–Crippen MR) is 33.6 cm³/mol. The van der Waals surface area contributed by atoms with Gasteiger partial charge in [0.1, 0.15) is 0 Å². The fourth-order valence-corrected chi connectivity index (χ4v) is 1.27. The second-order valence-electron chi connectivity index (χ2n) is 2.52. The van der Waals surface area contributed by atoms with Crippen molar-refractivity contribution in [3.63, 3.8) is 0 Å². The molecule has 0 amide bonds. The van der Waals surface area contributed by atoms with Gasteiger partial charge in [0.05, 0.1) is 6.54 Å². The molecular weight excluding hydrogens is 166 g/mol. The third-order valence-electron chi connectivity index (χ3n) is 1.82. The third-order valence-corrected chi connectivity index (χ3v) is 1.82. The highest BCUT2D eigenvalue weighted by Crippen LogP contribution is 2.16. The molecule has 0 radical (unpaired) electrons. The lowest BCUT2D eigenvalue weighted by molar-refractivity contribution is -0.941. The van der Waals surface area contributed by atoms with Crippen molar-refractivity contribution in [1.82, 2.24) is 5.01 Å². The fraction of sp³-hybridized carbons (Fsp3) is 0.800. The molecule has 3 N–H and O–H groups in total. The lowest BCUT2D eigenvalue weighted by atomic mass is 10.2. The summed E-state index contributed by atoms with van der Waals surface area (Å²) < 4.78 is 0. The number of rotatable bonds is 2. The minimum absolute atomic E-state index is 0.159. The maximum Gasteiger partial charge on any atom is 0.332 e. The zero-order chi connectivity index (χ0) is 9.14. The van der Waals surface area contributed by atoms with Gasteiger partial charge in [0.25, 0.3) is 10.2 Å². The van der Waals surface area contributed by atoms with Crippen LogP contribution in [-0.4, -0.2) is 44.1 Å². The van der Waals surface area contributed by atoms with Gasteiger partial charge in [0, 0.05) is 0 Å². The monoisotopic (exact) mass is 176 g/mol. The Morgan fingerprint density at radius 2 is 2.33 bits per heavy atom. The molecule has 68 valence electrons. The Morgan fingerprint density at radius 1 is 1.67 bits per heavy atom. The summed E-state index contributed by atoms with van der Waals surface area (Å²) in [7, 11) is 0. The third kappa shape index (κ3) is 1.39. The Labute approximate surface area is 68.0 Å². The van der Waals surface area contributed by atoms with Gasteiger partial charge in [-0.3, -0.25) is 0 Å². The zero-order valence-corrected chi connectivity index (χ0v) is 6.29. The van der Waals surface area contributed by atoms with Crippen molar-refractivity contribution >= 4 is 5.97 Å². The van der Waals surface area contributed by atoms with Gasteiger partial charge in [-0.1, -0.05) is 5.01 Å². The van der Waals surface area contributed by atoms with Crippen LogP contribution in [0.1, 0.15) is 12.8 Å². The maximum absolute atomic E-state index is 10.5. The van der Waals surface area contributed by atoms with Crippen LogP contribution in [0, 0.1) is 0 Å². The van der Waals surface area contributed by atoms with E-state index in [0.29, 0.717) is 19.4 Å². The molecule has 1 saturated heterocycles. The molecular formula is C5H10N3O4+. The molecule has 7 heteroatoms. The van der Waals surface area contributed by atoms with Gasteiger partial charge in [-0.15, -0.1) is 0 Å². The van der Waals surface area contributed by atoms with E-state index >= 15 is 0 Å².